The van der Waals surface area contributed by atoms with Gasteiger partial charge in [-0.25, -0.2) is 0 Å². The first-order valence-electron chi connectivity index (χ1n) is 25.0. The fourth-order valence-electron chi connectivity index (χ4n) is 11.8. The second kappa shape index (κ2) is 52.5. The number of benzene rings is 2. The lowest BCUT2D eigenvalue weighted by Gasteiger charge is -2.32. The summed E-state index contributed by atoms with van der Waals surface area (Å²) in [6.07, 6.45) is 35.0. The van der Waals surface area contributed by atoms with Gasteiger partial charge in [-0.1, -0.05) is 275 Å². The Morgan fingerprint density at radius 3 is 0.712 bits per heavy atom. The molecular formula is C73H160. The van der Waals surface area contributed by atoms with Crippen LogP contribution in [0.25, 0.3) is 0 Å². The van der Waals surface area contributed by atoms with Gasteiger partial charge in [0.15, 0.2) is 0 Å². The fraction of sp³-hybridized carbons (Fsp3) is 0.836. The summed E-state index contributed by atoms with van der Waals surface area (Å²) in [5.74, 6) is 9.93. The molecule has 0 N–H and O–H groups in total. The van der Waals surface area contributed by atoms with Gasteiger partial charge in [-0.05, 0) is 203 Å². The van der Waals surface area contributed by atoms with Gasteiger partial charge >= 0.3 is 0 Å². The molecule has 0 unspecified atom stereocenters. The lowest BCUT2D eigenvalue weighted by atomic mass is 9.74. The monoisotopic (exact) mass is 1040 g/mol. The molecule has 0 nitrogen and oxygen atoms in total. The van der Waals surface area contributed by atoms with Crippen molar-refractivity contribution < 1.29 is 0 Å². The molecule has 5 saturated carbocycles. The minimum atomic E-state index is 0. The Morgan fingerprint density at radius 2 is 0.479 bits per heavy atom. The standard InChI is InChI=1S/C24H38.C17H26.C15H28.17CH4/c1-17-5-9-21(10-6-17)15-23-13-14-24(20(4)19(23)3)16-22-11-7-18(2)8-12-22;1-12-5-7-16(8-6-12)11-17-9-13(2)15(4)14(3)10-17;1-12-3-7-14(8-4-12)11-15-9-5-13(2)6-10-15;;;;;;;;;;;;;;;;;/h13-14,17-18,21-22H,5-12,15-16H2,1-4H3;9-10,12,16H,5-8,11H2,1-4H3;12-15H,3-11H2,1-2H3;17*1H4. The third-order valence-electron chi connectivity index (χ3n) is 16.9. The van der Waals surface area contributed by atoms with Crippen LogP contribution in [0.3, 0.4) is 0 Å². The highest BCUT2D eigenvalue weighted by atomic mass is 14.3. The van der Waals surface area contributed by atoms with Crippen LogP contribution in [0.15, 0.2) is 24.3 Å². The third kappa shape index (κ3) is 34.8. The van der Waals surface area contributed by atoms with Gasteiger partial charge in [0.2, 0.25) is 0 Å². The van der Waals surface area contributed by atoms with Crippen LogP contribution >= 0.6 is 0 Å². The zero-order chi connectivity index (χ0) is 40.2. The van der Waals surface area contributed by atoms with E-state index in [1.54, 1.807) is 34.2 Å². The van der Waals surface area contributed by atoms with Gasteiger partial charge in [-0.15, -0.1) is 0 Å². The van der Waals surface area contributed by atoms with E-state index in [1.807, 2.05) is 0 Å². The molecular weight excluding hydrogens is 877 g/mol. The molecule has 0 aromatic heterocycles. The van der Waals surface area contributed by atoms with Gasteiger partial charge in [0.25, 0.3) is 0 Å². The quantitative estimate of drug-likeness (QED) is 0.247. The van der Waals surface area contributed by atoms with Crippen molar-refractivity contribution in [3.05, 3.63) is 68.8 Å². The van der Waals surface area contributed by atoms with Gasteiger partial charge < -0.3 is 0 Å². The second-order valence-corrected chi connectivity index (χ2v) is 22.0. The molecule has 0 spiro atoms. The highest BCUT2D eigenvalue weighted by Crippen LogP contribution is 2.39. The molecule has 2 aromatic rings. The lowest BCUT2D eigenvalue weighted by molar-refractivity contribution is 0.201. The third-order valence-corrected chi connectivity index (χ3v) is 16.9. The van der Waals surface area contributed by atoms with Crippen LogP contribution in [-0.2, 0) is 19.3 Å². The molecule has 2 aromatic carbocycles. The highest BCUT2D eigenvalue weighted by molar-refractivity contribution is 5.40. The molecule has 0 heterocycles. The highest BCUT2D eigenvalue weighted by Gasteiger charge is 2.25. The summed E-state index contributed by atoms with van der Waals surface area (Å²) in [5.41, 5.74) is 12.4. The average Bonchev–Trinajstić information content (AvgIpc) is 3.18. The Morgan fingerprint density at radius 1 is 0.274 bits per heavy atom. The van der Waals surface area contributed by atoms with E-state index in [9.17, 15) is 0 Å². The predicted octanol–water partition coefficient (Wildman–Crippen LogP) is 27.9. The molecule has 0 bridgehead atoms. The van der Waals surface area contributed by atoms with Gasteiger partial charge in [-0.2, -0.15) is 0 Å². The Hall–Kier alpha value is -1.56. The molecule has 0 heteroatoms. The molecule has 5 aliphatic carbocycles. The molecule has 0 aliphatic heterocycles. The number of hydrogen-bond acceptors (Lipinski definition) is 0. The second-order valence-electron chi connectivity index (χ2n) is 22.0. The van der Waals surface area contributed by atoms with Crippen molar-refractivity contribution in [2.24, 2.45) is 59.2 Å². The summed E-state index contributed by atoms with van der Waals surface area (Å²) in [4.78, 5) is 0. The molecule has 0 saturated heterocycles. The van der Waals surface area contributed by atoms with Crippen molar-refractivity contribution in [1.82, 2.24) is 0 Å². The average molecular weight is 1040 g/mol. The van der Waals surface area contributed by atoms with E-state index in [0.29, 0.717) is 0 Å². The van der Waals surface area contributed by atoms with E-state index in [-0.39, 0.29) is 126 Å². The van der Waals surface area contributed by atoms with Crippen LogP contribution in [0.1, 0.15) is 340 Å². The molecule has 5 aliphatic rings. The van der Waals surface area contributed by atoms with Crippen LogP contribution in [0.2, 0.25) is 0 Å². The van der Waals surface area contributed by atoms with E-state index < -0.39 is 0 Å². The molecule has 0 radical (unpaired) electrons. The Balaban J connectivity index is -0.0000000615. The minimum Gasteiger partial charge on any atom is -0.0776 e. The maximum absolute atomic E-state index is 2.47. The maximum atomic E-state index is 2.47. The zero-order valence-corrected chi connectivity index (χ0v) is 39.1. The van der Waals surface area contributed by atoms with Crippen LogP contribution in [0, 0.1) is 93.8 Å². The van der Waals surface area contributed by atoms with Gasteiger partial charge in [0.05, 0.1) is 0 Å². The first-order valence-corrected chi connectivity index (χ1v) is 25.0. The molecule has 5 fully saturated rings. The van der Waals surface area contributed by atoms with Crippen molar-refractivity contribution >= 4 is 0 Å². The van der Waals surface area contributed by atoms with Crippen molar-refractivity contribution in [1.29, 1.82) is 0 Å². The van der Waals surface area contributed by atoms with Crippen LogP contribution in [0.5, 0.6) is 0 Å². The van der Waals surface area contributed by atoms with Crippen LogP contribution in [0.4, 0.5) is 0 Å². The summed E-state index contributed by atoms with van der Waals surface area (Å²) in [5, 5.41) is 0. The zero-order valence-electron chi connectivity index (χ0n) is 39.1. The van der Waals surface area contributed by atoms with Gasteiger partial charge in [0, 0.05) is 0 Å². The van der Waals surface area contributed by atoms with Crippen LogP contribution in [-0.4, -0.2) is 0 Å². The Kier molecular flexibility index (Phi) is 74.6. The summed E-state index contributed by atoms with van der Waals surface area (Å²) in [6, 6.07) is 9.75. The van der Waals surface area contributed by atoms with Crippen molar-refractivity contribution in [2.75, 3.05) is 0 Å². The van der Waals surface area contributed by atoms with Crippen molar-refractivity contribution in [3.63, 3.8) is 0 Å². The number of hydrogen-bond donors (Lipinski definition) is 0. The van der Waals surface area contributed by atoms with E-state index in [4.69, 9.17) is 0 Å². The normalized spacial score (nSPS) is 24.8. The molecule has 0 amide bonds. The fourth-order valence-corrected chi connectivity index (χ4v) is 11.8. The molecule has 0 atom stereocenters. The molecule has 452 valence electrons. The van der Waals surface area contributed by atoms with Crippen molar-refractivity contribution in [2.45, 2.75) is 350 Å². The number of aryl methyl sites for hydroxylation is 2. The first kappa shape index (κ1) is 104. The number of rotatable bonds is 8. The van der Waals surface area contributed by atoms with E-state index in [2.05, 4.69) is 93.5 Å². The van der Waals surface area contributed by atoms with Crippen molar-refractivity contribution in [3.8, 4) is 0 Å². The Labute approximate surface area is 475 Å². The van der Waals surface area contributed by atoms with Gasteiger partial charge in [0.1, 0.15) is 0 Å². The lowest BCUT2D eigenvalue weighted by Crippen LogP contribution is -2.19. The Bertz CT molecular complexity index is 1310. The van der Waals surface area contributed by atoms with E-state index >= 15 is 0 Å². The summed E-state index contributed by atoms with van der Waals surface area (Å²) >= 11 is 0. The summed E-state index contributed by atoms with van der Waals surface area (Å²) < 4.78 is 0. The minimum absolute atomic E-state index is 0. The first-order chi connectivity index (χ1) is 26.8. The largest absolute Gasteiger partial charge is 0.0776 e. The predicted molar refractivity (Wildman–Crippen MR) is 362 cm³/mol. The molecule has 7 rings (SSSR count). The maximum Gasteiger partial charge on any atom is -0.0248 e. The SMILES string of the molecule is C.C.C.C.C.C.C.C.C.C.C.C.C.C.C.C.C.CC1CCC(CC2CCC(C)CC2)CC1.Cc1c(CC2CCC(C)CC2)ccc(CC2CCC(C)CC2)c1C.Cc1cc(CC2CCC(C)CC2)cc(C)c1C. The van der Waals surface area contributed by atoms with Gasteiger partial charge in [-0.3, -0.25) is 0 Å². The van der Waals surface area contributed by atoms with E-state index in [1.165, 1.54) is 164 Å². The summed E-state index contributed by atoms with van der Waals surface area (Å²) in [6.45, 7) is 23.6. The van der Waals surface area contributed by atoms with E-state index in [0.717, 1.165) is 59.2 Å². The smallest absolute Gasteiger partial charge is 0.0248 e. The topological polar surface area (TPSA) is 0 Å². The van der Waals surface area contributed by atoms with Crippen LogP contribution < -0.4 is 0 Å². The molecule has 73 heavy (non-hydrogen) atoms. The summed E-state index contributed by atoms with van der Waals surface area (Å²) in [7, 11) is 0.